The lowest BCUT2D eigenvalue weighted by atomic mass is 9.67. The van der Waals surface area contributed by atoms with Crippen LogP contribution >= 0.6 is 24.0 Å². The van der Waals surface area contributed by atoms with Crippen molar-refractivity contribution in [1.82, 2.24) is 10.6 Å². The molecule has 0 aliphatic heterocycles. The van der Waals surface area contributed by atoms with Crippen molar-refractivity contribution in [1.29, 1.82) is 5.26 Å². The van der Waals surface area contributed by atoms with Gasteiger partial charge in [-0.1, -0.05) is 18.6 Å². The molecule has 0 spiro atoms. The number of aliphatic imine (C=N–C) groups is 1. The number of halogens is 1. The van der Waals surface area contributed by atoms with Gasteiger partial charge in [-0.2, -0.15) is 5.26 Å². The molecule has 0 radical (unpaired) electrons. The van der Waals surface area contributed by atoms with Gasteiger partial charge in [0.15, 0.2) is 5.96 Å². The first kappa shape index (κ1) is 21.7. The van der Waals surface area contributed by atoms with Crippen LogP contribution in [0.25, 0.3) is 0 Å². The van der Waals surface area contributed by atoms with Crippen LogP contribution in [0, 0.1) is 16.7 Å². The molecule has 2 rings (SSSR count). The largest absolute Gasteiger partial charge is 0.385 e. The summed E-state index contributed by atoms with van der Waals surface area (Å²) in [7, 11) is 1.77. The first-order valence-electron chi connectivity index (χ1n) is 8.71. The number of methoxy groups -OCH3 is 1. The van der Waals surface area contributed by atoms with Crippen LogP contribution in [0.15, 0.2) is 29.3 Å². The van der Waals surface area contributed by atoms with E-state index in [0.717, 1.165) is 37.6 Å². The van der Waals surface area contributed by atoms with Crippen LogP contribution in [0.4, 0.5) is 0 Å². The SMILES string of the molecule is CCNC(=NCc1ccc(C#N)cc1)NCC1(CCOC)CCC1.I. The molecule has 25 heavy (non-hydrogen) atoms. The number of ether oxygens (including phenoxy) is 1. The molecule has 0 bridgehead atoms. The number of nitriles is 1. The fourth-order valence-electron chi connectivity index (χ4n) is 2.98. The fourth-order valence-corrected chi connectivity index (χ4v) is 2.98. The summed E-state index contributed by atoms with van der Waals surface area (Å²) in [5.74, 6) is 0.852. The van der Waals surface area contributed by atoms with Crippen molar-refractivity contribution in [3.63, 3.8) is 0 Å². The maximum Gasteiger partial charge on any atom is 0.191 e. The molecule has 138 valence electrons. The van der Waals surface area contributed by atoms with Crippen molar-refractivity contribution in [3.05, 3.63) is 35.4 Å². The van der Waals surface area contributed by atoms with Crippen LogP contribution in [0.2, 0.25) is 0 Å². The van der Waals surface area contributed by atoms with Crippen LogP contribution in [-0.2, 0) is 11.3 Å². The zero-order valence-corrected chi connectivity index (χ0v) is 17.5. The highest BCUT2D eigenvalue weighted by atomic mass is 127. The molecule has 0 aromatic heterocycles. The fraction of sp³-hybridized carbons (Fsp3) is 0.579. The summed E-state index contributed by atoms with van der Waals surface area (Å²) < 4.78 is 5.26. The smallest absolute Gasteiger partial charge is 0.191 e. The molecule has 1 aliphatic rings. The third kappa shape index (κ3) is 6.83. The van der Waals surface area contributed by atoms with Gasteiger partial charge in [0.25, 0.3) is 0 Å². The second-order valence-corrected chi connectivity index (χ2v) is 6.45. The van der Waals surface area contributed by atoms with Gasteiger partial charge in [-0.05, 0) is 49.3 Å². The maximum atomic E-state index is 8.85. The van der Waals surface area contributed by atoms with Gasteiger partial charge in [0, 0.05) is 26.8 Å². The Morgan fingerprint density at radius 2 is 2.00 bits per heavy atom. The van der Waals surface area contributed by atoms with Crippen molar-refractivity contribution < 1.29 is 4.74 Å². The van der Waals surface area contributed by atoms with E-state index in [2.05, 4.69) is 28.6 Å². The molecule has 0 heterocycles. The summed E-state index contributed by atoms with van der Waals surface area (Å²) in [4.78, 5) is 4.66. The lowest BCUT2D eigenvalue weighted by molar-refractivity contribution is 0.0732. The molecule has 0 amide bonds. The standard InChI is InChI=1S/C19H28N4O.HI/c1-3-21-18(22-14-17-7-5-16(13-20)6-8-17)23-15-19(9-4-10-19)11-12-24-2;/h5-8H,3-4,9-12,14-15H2,1-2H3,(H2,21,22,23);1H. The maximum absolute atomic E-state index is 8.85. The summed E-state index contributed by atoms with van der Waals surface area (Å²) >= 11 is 0. The van der Waals surface area contributed by atoms with Crippen LogP contribution < -0.4 is 10.6 Å². The molecule has 5 nitrogen and oxygen atoms in total. The van der Waals surface area contributed by atoms with Gasteiger partial charge >= 0.3 is 0 Å². The van der Waals surface area contributed by atoms with Crippen LogP contribution in [0.3, 0.4) is 0 Å². The molecule has 2 N–H and O–H groups in total. The van der Waals surface area contributed by atoms with Crippen LogP contribution in [0.1, 0.15) is 43.7 Å². The Morgan fingerprint density at radius 1 is 1.28 bits per heavy atom. The monoisotopic (exact) mass is 456 g/mol. The molecule has 1 aromatic carbocycles. The number of guanidine groups is 1. The molecule has 1 saturated carbocycles. The van der Waals surface area contributed by atoms with E-state index < -0.39 is 0 Å². The molecule has 1 fully saturated rings. The van der Waals surface area contributed by atoms with Crippen LogP contribution in [-0.4, -0.2) is 32.8 Å². The molecular formula is C19H29IN4O. The Hall–Kier alpha value is -1.33. The van der Waals surface area contributed by atoms with E-state index in [1.165, 1.54) is 19.3 Å². The Bertz CT molecular complexity index is 576. The number of benzene rings is 1. The molecular weight excluding hydrogens is 427 g/mol. The van der Waals surface area contributed by atoms with E-state index in [1.54, 1.807) is 7.11 Å². The predicted molar refractivity (Wildman–Crippen MR) is 112 cm³/mol. The van der Waals surface area contributed by atoms with E-state index in [-0.39, 0.29) is 24.0 Å². The van der Waals surface area contributed by atoms with Crippen molar-refractivity contribution in [2.45, 2.75) is 39.2 Å². The van der Waals surface area contributed by atoms with Gasteiger partial charge in [-0.3, -0.25) is 0 Å². The van der Waals surface area contributed by atoms with Crippen molar-refractivity contribution in [3.8, 4) is 6.07 Å². The van der Waals surface area contributed by atoms with E-state index in [0.29, 0.717) is 17.5 Å². The topological polar surface area (TPSA) is 69.4 Å². The molecule has 6 heteroatoms. The summed E-state index contributed by atoms with van der Waals surface area (Å²) in [6, 6.07) is 9.71. The molecule has 0 unspecified atom stereocenters. The number of hydrogen-bond acceptors (Lipinski definition) is 3. The average molecular weight is 456 g/mol. The first-order valence-corrected chi connectivity index (χ1v) is 8.71. The lowest BCUT2D eigenvalue weighted by Crippen LogP contribution is -2.46. The Balaban J connectivity index is 0.00000312. The highest BCUT2D eigenvalue weighted by Crippen LogP contribution is 2.43. The summed E-state index contributed by atoms with van der Waals surface area (Å²) in [6.45, 7) is 5.27. The lowest BCUT2D eigenvalue weighted by Gasteiger charge is -2.42. The number of hydrogen-bond donors (Lipinski definition) is 2. The van der Waals surface area contributed by atoms with E-state index >= 15 is 0 Å². The van der Waals surface area contributed by atoms with Crippen molar-refractivity contribution in [2.75, 3.05) is 26.8 Å². The minimum absolute atomic E-state index is 0. The molecule has 0 atom stereocenters. The van der Waals surface area contributed by atoms with Crippen molar-refractivity contribution in [2.24, 2.45) is 10.4 Å². The van der Waals surface area contributed by atoms with Gasteiger partial charge in [0.2, 0.25) is 0 Å². The number of nitrogens with zero attached hydrogens (tertiary/aromatic N) is 2. The second kappa shape index (κ2) is 11.3. The Labute approximate surface area is 168 Å². The average Bonchev–Trinajstić information content (AvgIpc) is 2.58. The number of rotatable bonds is 8. The van der Waals surface area contributed by atoms with Gasteiger partial charge in [0.05, 0.1) is 18.2 Å². The number of nitrogens with one attached hydrogen (secondary N) is 2. The van der Waals surface area contributed by atoms with Crippen LogP contribution in [0.5, 0.6) is 0 Å². The highest BCUT2D eigenvalue weighted by molar-refractivity contribution is 14.0. The summed E-state index contributed by atoms with van der Waals surface area (Å²) in [5, 5.41) is 15.7. The van der Waals surface area contributed by atoms with E-state index in [1.807, 2.05) is 24.3 Å². The second-order valence-electron chi connectivity index (χ2n) is 6.45. The van der Waals surface area contributed by atoms with Gasteiger partial charge < -0.3 is 15.4 Å². The quantitative estimate of drug-likeness (QED) is 0.357. The van der Waals surface area contributed by atoms with Gasteiger partial charge in [-0.15, -0.1) is 24.0 Å². The molecule has 1 aromatic rings. The van der Waals surface area contributed by atoms with E-state index in [9.17, 15) is 0 Å². The van der Waals surface area contributed by atoms with Gasteiger partial charge in [0.1, 0.15) is 0 Å². The first-order chi connectivity index (χ1) is 11.7. The minimum atomic E-state index is 0. The third-order valence-electron chi connectivity index (χ3n) is 4.73. The predicted octanol–water partition coefficient (Wildman–Crippen LogP) is 3.44. The van der Waals surface area contributed by atoms with E-state index in [4.69, 9.17) is 10.00 Å². The zero-order valence-electron chi connectivity index (χ0n) is 15.2. The summed E-state index contributed by atoms with van der Waals surface area (Å²) in [6.07, 6.45) is 4.94. The van der Waals surface area contributed by atoms with Gasteiger partial charge in [-0.25, -0.2) is 4.99 Å². The third-order valence-corrected chi connectivity index (χ3v) is 4.73. The van der Waals surface area contributed by atoms with Crippen molar-refractivity contribution >= 4 is 29.9 Å². The molecule has 1 aliphatic carbocycles. The Kier molecular flexibility index (Phi) is 9.83. The normalized spacial score (nSPS) is 15.5. The minimum Gasteiger partial charge on any atom is -0.385 e. The Morgan fingerprint density at radius 3 is 2.52 bits per heavy atom. The molecule has 0 saturated heterocycles. The zero-order chi connectivity index (χ0) is 17.3. The summed E-state index contributed by atoms with van der Waals surface area (Å²) in [5.41, 5.74) is 2.14. The highest BCUT2D eigenvalue weighted by Gasteiger charge is 2.36.